The first-order valence-corrected chi connectivity index (χ1v) is 6.06. The summed E-state index contributed by atoms with van der Waals surface area (Å²) in [5.74, 6) is 7.75. The molecular weight excluding hydrogens is 160 g/mol. The minimum atomic E-state index is 0.135. The zero-order valence-corrected chi connectivity index (χ0v) is 7.76. The molecular formula is C12H16O. The molecule has 1 nitrogen and oxygen atoms in total. The first-order chi connectivity index (χ1) is 6.38. The van der Waals surface area contributed by atoms with Crippen LogP contribution in [0.15, 0.2) is 0 Å². The monoisotopic (exact) mass is 176 g/mol. The third-order valence-corrected chi connectivity index (χ3v) is 6.56. The van der Waals surface area contributed by atoms with E-state index in [2.05, 4.69) is 0 Å². The van der Waals surface area contributed by atoms with Crippen LogP contribution in [0.5, 0.6) is 0 Å². The van der Waals surface area contributed by atoms with Crippen LogP contribution in [-0.4, -0.2) is 11.2 Å². The zero-order chi connectivity index (χ0) is 8.32. The molecule has 0 amide bonds. The second-order valence-electron chi connectivity index (χ2n) is 6.27. The Morgan fingerprint density at radius 1 is 0.692 bits per heavy atom. The van der Waals surface area contributed by atoms with Crippen molar-refractivity contribution in [3.05, 3.63) is 0 Å². The summed E-state index contributed by atoms with van der Waals surface area (Å²) < 4.78 is 0. The van der Waals surface area contributed by atoms with Crippen LogP contribution < -0.4 is 0 Å². The first kappa shape index (κ1) is 6.44. The van der Waals surface area contributed by atoms with Crippen LogP contribution in [0.3, 0.4) is 0 Å². The quantitative estimate of drug-likeness (QED) is 0.593. The maximum absolute atomic E-state index is 10.2. The highest BCUT2D eigenvalue weighted by Gasteiger charge is 2.77. The van der Waals surface area contributed by atoms with Gasteiger partial charge in [0.15, 0.2) is 0 Å². The predicted molar refractivity (Wildman–Crippen MR) is 47.8 cm³/mol. The molecule has 0 saturated heterocycles. The Morgan fingerprint density at radius 3 is 2.08 bits per heavy atom. The lowest BCUT2D eigenvalue weighted by atomic mass is 9.62. The van der Waals surface area contributed by atoms with Crippen LogP contribution in [0, 0.1) is 47.3 Å². The van der Waals surface area contributed by atoms with Gasteiger partial charge in [-0.2, -0.15) is 0 Å². The van der Waals surface area contributed by atoms with Crippen LogP contribution >= 0.6 is 0 Å². The van der Waals surface area contributed by atoms with Gasteiger partial charge in [0.25, 0.3) is 0 Å². The fraction of sp³-hybridized carbons (Fsp3) is 1.00. The molecule has 0 aromatic rings. The van der Waals surface area contributed by atoms with E-state index in [9.17, 15) is 5.11 Å². The van der Waals surface area contributed by atoms with E-state index in [4.69, 9.17) is 0 Å². The van der Waals surface area contributed by atoms with Crippen molar-refractivity contribution >= 4 is 0 Å². The van der Waals surface area contributed by atoms with Crippen LogP contribution in [0.4, 0.5) is 0 Å². The van der Waals surface area contributed by atoms with Crippen molar-refractivity contribution in [3.63, 3.8) is 0 Å². The zero-order valence-electron chi connectivity index (χ0n) is 7.76. The van der Waals surface area contributed by atoms with Gasteiger partial charge in [0, 0.05) is 0 Å². The summed E-state index contributed by atoms with van der Waals surface area (Å²) in [6.45, 7) is 0. The van der Waals surface area contributed by atoms with E-state index in [1.165, 1.54) is 19.3 Å². The molecule has 0 spiro atoms. The third-order valence-electron chi connectivity index (χ3n) is 6.56. The van der Waals surface area contributed by atoms with E-state index >= 15 is 0 Å². The van der Waals surface area contributed by atoms with E-state index in [1.54, 1.807) is 0 Å². The van der Waals surface area contributed by atoms with Crippen LogP contribution in [0.2, 0.25) is 0 Å². The summed E-state index contributed by atoms with van der Waals surface area (Å²) in [4.78, 5) is 0. The average Bonchev–Trinajstić information content (AvgIpc) is 2.77. The van der Waals surface area contributed by atoms with E-state index in [-0.39, 0.29) is 6.10 Å². The highest BCUT2D eigenvalue weighted by Crippen LogP contribution is 2.80. The highest BCUT2D eigenvalue weighted by molar-refractivity contribution is 5.25. The molecule has 0 aliphatic heterocycles. The molecule has 13 heavy (non-hydrogen) atoms. The number of aliphatic hydroxyl groups excluding tert-OH is 1. The van der Waals surface area contributed by atoms with Gasteiger partial charge in [-0.3, -0.25) is 0 Å². The molecule has 5 aliphatic rings. The summed E-state index contributed by atoms with van der Waals surface area (Å²) in [6.07, 6.45) is 4.58. The van der Waals surface area contributed by atoms with Gasteiger partial charge in [-0.15, -0.1) is 0 Å². The fourth-order valence-corrected chi connectivity index (χ4v) is 6.79. The molecule has 0 unspecified atom stereocenters. The molecule has 5 rings (SSSR count). The maximum atomic E-state index is 10.2. The molecule has 0 aromatic heterocycles. The average molecular weight is 176 g/mol. The second-order valence-corrected chi connectivity index (χ2v) is 6.27. The van der Waals surface area contributed by atoms with Crippen LogP contribution in [-0.2, 0) is 0 Å². The van der Waals surface area contributed by atoms with E-state index in [0.717, 1.165) is 47.3 Å². The van der Waals surface area contributed by atoms with Crippen molar-refractivity contribution < 1.29 is 5.11 Å². The predicted octanol–water partition coefficient (Wildman–Crippen LogP) is 1.52. The normalized spacial score (nSPS) is 80.5. The van der Waals surface area contributed by atoms with Gasteiger partial charge in [0.1, 0.15) is 0 Å². The molecule has 70 valence electrons. The summed E-state index contributed by atoms with van der Waals surface area (Å²) in [7, 11) is 0. The lowest BCUT2D eigenvalue weighted by molar-refractivity contribution is -0.0519. The minimum absolute atomic E-state index is 0.135. The van der Waals surface area contributed by atoms with Crippen LogP contribution in [0.25, 0.3) is 0 Å². The molecule has 0 aromatic carbocycles. The van der Waals surface area contributed by atoms with E-state index in [0.29, 0.717) is 0 Å². The Balaban J connectivity index is 1.80. The second kappa shape index (κ2) is 1.60. The number of rotatable bonds is 0. The van der Waals surface area contributed by atoms with Crippen molar-refractivity contribution in [2.24, 2.45) is 47.3 Å². The summed E-state index contributed by atoms with van der Waals surface area (Å²) in [5.41, 5.74) is 0. The summed E-state index contributed by atoms with van der Waals surface area (Å²) in [6, 6.07) is 0. The van der Waals surface area contributed by atoms with Gasteiger partial charge in [-0.25, -0.2) is 0 Å². The number of fused-ring (bicyclic) bond motifs is 3. The topological polar surface area (TPSA) is 20.2 Å². The van der Waals surface area contributed by atoms with Crippen molar-refractivity contribution in [1.82, 2.24) is 0 Å². The third kappa shape index (κ3) is 0.423. The molecule has 0 radical (unpaired) electrons. The minimum Gasteiger partial charge on any atom is -0.393 e. The maximum Gasteiger partial charge on any atom is 0.0605 e. The molecule has 0 heterocycles. The Bertz CT molecular complexity index is 278. The van der Waals surface area contributed by atoms with Gasteiger partial charge in [0.05, 0.1) is 6.10 Å². The summed E-state index contributed by atoms with van der Waals surface area (Å²) >= 11 is 0. The number of aliphatic hydroxyl groups is 1. The van der Waals surface area contributed by atoms with Gasteiger partial charge in [0.2, 0.25) is 0 Å². The molecule has 1 heteroatoms. The largest absolute Gasteiger partial charge is 0.393 e. The van der Waals surface area contributed by atoms with Crippen molar-refractivity contribution in [3.8, 4) is 0 Å². The molecule has 5 aliphatic carbocycles. The first-order valence-electron chi connectivity index (χ1n) is 6.06. The number of hydrogen-bond donors (Lipinski definition) is 1. The van der Waals surface area contributed by atoms with Crippen molar-refractivity contribution in [2.45, 2.75) is 25.4 Å². The van der Waals surface area contributed by atoms with Gasteiger partial charge < -0.3 is 5.11 Å². The molecule has 1 N–H and O–H groups in total. The van der Waals surface area contributed by atoms with Crippen molar-refractivity contribution in [2.75, 3.05) is 0 Å². The fourth-order valence-electron chi connectivity index (χ4n) is 6.79. The lowest BCUT2D eigenvalue weighted by Crippen LogP contribution is -2.45. The van der Waals surface area contributed by atoms with E-state index in [1.807, 2.05) is 0 Å². The van der Waals surface area contributed by atoms with Gasteiger partial charge in [-0.05, 0) is 66.6 Å². The molecule has 5 fully saturated rings. The Labute approximate surface area is 78.5 Å². The van der Waals surface area contributed by atoms with Gasteiger partial charge in [-0.1, -0.05) is 0 Å². The Kier molecular flexibility index (Phi) is 0.793. The molecule has 5 saturated carbocycles. The SMILES string of the molecule is O[C@@H]1[C@H]2C[C@H]3[C@@H]4[C@@H]5CC[C@@H]([C@@H]24)[C@H]5[C@@H]13. The Morgan fingerprint density at radius 2 is 1.31 bits per heavy atom. The van der Waals surface area contributed by atoms with Crippen molar-refractivity contribution in [1.29, 1.82) is 0 Å². The smallest absolute Gasteiger partial charge is 0.0605 e. The standard InChI is InChI=1S/C12H16O/c13-12-7-3-6-9-4-1-2-5(10(7)9)8(4)11(6)12/h4-13H,1-3H2/t4-,5-,6+,7+,8+,9+,10+,11+,12-/m1/s1. The lowest BCUT2D eigenvalue weighted by Gasteiger charge is -2.44. The number of hydrogen-bond acceptors (Lipinski definition) is 1. The van der Waals surface area contributed by atoms with E-state index < -0.39 is 0 Å². The van der Waals surface area contributed by atoms with Gasteiger partial charge >= 0.3 is 0 Å². The molecule has 6 bridgehead atoms. The summed E-state index contributed by atoms with van der Waals surface area (Å²) in [5, 5.41) is 10.2. The Hall–Kier alpha value is -0.0400. The highest BCUT2D eigenvalue weighted by atomic mass is 16.3. The van der Waals surface area contributed by atoms with Crippen LogP contribution in [0.1, 0.15) is 19.3 Å². The molecule has 9 atom stereocenters.